The van der Waals surface area contributed by atoms with Crippen molar-refractivity contribution in [3.8, 4) is 5.75 Å². The van der Waals surface area contributed by atoms with Crippen LogP contribution in [0.4, 0.5) is 11.6 Å². The summed E-state index contributed by atoms with van der Waals surface area (Å²) in [4.78, 5) is 17.0. The molecule has 1 unspecified atom stereocenters. The minimum Gasteiger partial charge on any atom is -0.497 e. The van der Waals surface area contributed by atoms with Crippen molar-refractivity contribution in [2.45, 2.75) is 19.3 Å². The number of H-pyrrole nitrogens is 1. The van der Waals surface area contributed by atoms with Crippen molar-refractivity contribution in [2.75, 3.05) is 49.7 Å². The van der Waals surface area contributed by atoms with Crippen LogP contribution in [0, 0.1) is 5.92 Å². The number of aliphatic hydroxyl groups excluding tert-OH is 1. The minimum absolute atomic E-state index is 0.244. The van der Waals surface area contributed by atoms with Gasteiger partial charge in [-0.3, -0.25) is 0 Å². The van der Waals surface area contributed by atoms with Crippen LogP contribution >= 0.6 is 0 Å². The molecule has 5 rings (SSSR count). The van der Waals surface area contributed by atoms with Gasteiger partial charge in [-0.25, -0.2) is 9.97 Å². The van der Waals surface area contributed by atoms with Crippen molar-refractivity contribution < 1.29 is 9.84 Å². The molecule has 0 aliphatic carbocycles. The molecule has 7 heteroatoms. The van der Waals surface area contributed by atoms with Crippen LogP contribution in [0.2, 0.25) is 0 Å². The van der Waals surface area contributed by atoms with Crippen LogP contribution in [0.25, 0.3) is 16.5 Å². The van der Waals surface area contributed by atoms with Crippen molar-refractivity contribution in [3.05, 3.63) is 48.4 Å². The van der Waals surface area contributed by atoms with Gasteiger partial charge in [-0.2, -0.15) is 0 Å². The van der Waals surface area contributed by atoms with E-state index < -0.39 is 0 Å². The monoisotopic (exact) mass is 419 g/mol. The highest BCUT2D eigenvalue weighted by atomic mass is 16.5. The summed E-state index contributed by atoms with van der Waals surface area (Å²) in [6, 6.07) is 8.24. The van der Waals surface area contributed by atoms with E-state index in [0.29, 0.717) is 5.92 Å². The molecule has 1 fully saturated rings. The van der Waals surface area contributed by atoms with Crippen LogP contribution < -0.4 is 14.5 Å². The lowest BCUT2D eigenvalue weighted by Crippen LogP contribution is -2.37. The van der Waals surface area contributed by atoms with Crippen LogP contribution in [0.3, 0.4) is 0 Å². The van der Waals surface area contributed by atoms with Crippen molar-refractivity contribution in [3.63, 3.8) is 0 Å². The Labute approximate surface area is 182 Å². The molecule has 0 radical (unpaired) electrons. The second kappa shape index (κ2) is 8.59. The zero-order valence-corrected chi connectivity index (χ0v) is 17.9. The Kier molecular flexibility index (Phi) is 5.51. The molecule has 2 aromatic heterocycles. The summed E-state index contributed by atoms with van der Waals surface area (Å²) in [5.74, 6) is 3.14. The van der Waals surface area contributed by atoms with E-state index in [9.17, 15) is 5.11 Å². The molecule has 0 saturated carbocycles. The number of piperidine rings is 1. The molecule has 2 aliphatic rings. The number of methoxy groups -OCH3 is 1. The number of rotatable bonds is 5. The Morgan fingerprint density at radius 2 is 2.03 bits per heavy atom. The number of hydrogen-bond acceptors (Lipinski definition) is 6. The number of aromatic nitrogens is 3. The van der Waals surface area contributed by atoms with Gasteiger partial charge in [-0.1, -0.05) is 6.08 Å². The van der Waals surface area contributed by atoms with Gasteiger partial charge in [0.2, 0.25) is 0 Å². The van der Waals surface area contributed by atoms with Crippen molar-refractivity contribution in [1.29, 1.82) is 0 Å². The summed E-state index contributed by atoms with van der Waals surface area (Å²) in [5, 5.41) is 10.7. The van der Waals surface area contributed by atoms with Gasteiger partial charge in [0.1, 0.15) is 23.7 Å². The van der Waals surface area contributed by atoms with Crippen LogP contribution in [0.15, 0.2) is 42.9 Å². The SMILES string of the molecule is COc1ccc2[nH]cc(C3=CCN(c4cc(N5CCCC(CO)C5)ncn4)CC3)c2c1. The van der Waals surface area contributed by atoms with E-state index in [2.05, 4.69) is 55.2 Å². The normalized spacial score (nSPS) is 19.5. The lowest BCUT2D eigenvalue weighted by Gasteiger charge is -2.33. The molecular weight excluding hydrogens is 390 g/mol. The second-order valence-electron chi connectivity index (χ2n) is 8.41. The zero-order chi connectivity index (χ0) is 21.2. The average Bonchev–Trinajstić information content (AvgIpc) is 3.27. The van der Waals surface area contributed by atoms with Gasteiger partial charge in [-0.05, 0) is 49.0 Å². The average molecular weight is 420 g/mol. The molecule has 1 saturated heterocycles. The number of anilines is 2. The fraction of sp³-hybridized carbons (Fsp3) is 0.417. The van der Waals surface area contributed by atoms with E-state index in [0.717, 1.165) is 68.3 Å². The van der Waals surface area contributed by atoms with Crippen molar-refractivity contribution in [1.82, 2.24) is 15.0 Å². The van der Waals surface area contributed by atoms with Gasteiger partial charge in [0.25, 0.3) is 0 Å². The molecule has 1 aromatic carbocycles. The van der Waals surface area contributed by atoms with Gasteiger partial charge < -0.3 is 24.6 Å². The summed E-state index contributed by atoms with van der Waals surface area (Å²) >= 11 is 0. The number of hydrogen-bond donors (Lipinski definition) is 2. The molecule has 1 atom stereocenters. The molecule has 2 N–H and O–H groups in total. The zero-order valence-electron chi connectivity index (χ0n) is 17.9. The summed E-state index contributed by atoms with van der Waals surface area (Å²) < 4.78 is 5.41. The lowest BCUT2D eigenvalue weighted by atomic mass is 9.98. The first-order chi connectivity index (χ1) is 15.2. The van der Waals surface area contributed by atoms with E-state index in [1.165, 1.54) is 16.5 Å². The van der Waals surface area contributed by atoms with E-state index in [1.54, 1.807) is 13.4 Å². The maximum Gasteiger partial charge on any atom is 0.134 e. The maximum atomic E-state index is 9.53. The maximum absolute atomic E-state index is 9.53. The Balaban J connectivity index is 1.33. The van der Waals surface area contributed by atoms with Gasteiger partial charge in [-0.15, -0.1) is 0 Å². The smallest absolute Gasteiger partial charge is 0.134 e. The van der Waals surface area contributed by atoms with Crippen LogP contribution in [-0.4, -0.2) is 60.0 Å². The van der Waals surface area contributed by atoms with E-state index in [-0.39, 0.29) is 6.61 Å². The molecule has 2 aliphatic heterocycles. The molecule has 0 spiro atoms. The Bertz CT molecular complexity index is 1090. The third-order valence-electron chi connectivity index (χ3n) is 6.51. The standard InChI is InChI=1S/C24H29N5O2/c1-31-19-4-5-22-20(11-19)21(13-25-22)18-6-9-28(10-7-18)23-12-24(27-16-26-23)29-8-2-3-17(14-29)15-30/h4-6,11-13,16-17,25,30H,2-3,7-10,14-15H2,1H3. The first-order valence-corrected chi connectivity index (χ1v) is 11.0. The molecule has 0 amide bonds. The van der Waals surface area contributed by atoms with Crippen molar-refractivity contribution >= 4 is 28.1 Å². The number of benzene rings is 1. The van der Waals surface area contributed by atoms with E-state index in [4.69, 9.17) is 4.74 Å². The quantitative estimate of drug-likeness (QED) is 0.659. The molecule has 162 valence electrons. The summed E-state index contributed by atoms with van der Waals surface area (Å²) in [6.07, 6.45) is 9.21. The number of nitrogens with one attached hydrogen (secondary N) is 1. The number of aliphatic hydroxyl groups is 1. The molecule has 31 heavy (non-hydrogen) atoms. The number of aromatic amines is 1. The Hall–Kier alpha value is -3.06. The van der Waals surface area contributed by atoms with Crippen molar-refractivity contribution in [2.24, 2.45) is 5.92 Å². The van der Waals surface area contributed by atoms with Gasteiger partial charge in [0, 0.05) is 61.5 Å². The topological polar surface area (TPSA) is 77.5 Å². The number of nitrogens with zero attached hydrogens (tertiary/aromatic N) is 4. The Morgan fingerprint density at radius 1 is 1.16 bits per heavy atom. The van der Waals surface area contributed by atoms with Crippen LogP contribution in [-0.2, 0) is 0 Å². The molecule has 0 bridgehead atoms. The third kappa shape index (κ3) is 3.97. The highest BCUT2D eigenvalue weighted by Crippen LogP contribution is 2.32. The van der Waals surface area contributed by atoms with Gasteiger partial charge >= 0.3 is 0 Å². The highest BCUT2D eigenvalue weighted by molar-refractivity contribution is 5.93. The number of fused-ring (bicyclic) bond motifs is 1. The lowest BCUT2D eigenvalue weighted by molar-refractivity contribution is 0.208. The minimum atomic E-state index is 0.244. The van der Waals surface area contributed by atoms with E-state index >= 15 is 0 Å². The predicted molar refractivity (Wildman–Crippen MR) is 124 cm³/mol. The highest BCUT2D eigenvalue weighted by Gasteiger charge is 2.22. The summed E-state index contributed by atoms with van der Waals surface area (Å²) in [5.41, 5.74) is 3.73. The molecule has 7 nitrogen and oxygen atoms in total. The fourth-order valence-corrected chi connectivity index (χ4v) is 4.72. The van der Waals surface area contributed by atoms with Crippen LogP contribution in [0.1, 0.15) is 24.8 Å². The fourth-order valence-electron chi connectivity index (χ4n) is 4.72. The van der Waals surface area contributed by atoms with E-state index in [1.807, 2.05) is 6.07 Å². The van der Waals surface area contributed by atoms with Gasteiger partial charge in [0.05, 0.1) is 7.11 Å². The van der Waals surface area contributed by atoms with Crippen LogP contribution in [0.5, 0.6) is 5.75 Å². The molecular formula is C24H29N5O2. The largest absolute Gasteiger partial charge is 0.497 e. The second-order valence-corrected chi connectivity index (χ2v) is 8.41. The molecule has 4 heterocycles. The Morgan fingerprint density at radius 3 is 2.81 bits per heavy atom. The predicted octanol–water partition coefficient (Wildman–Crippen LogP) is 3.47. The summed E-state index contributed by atoms with van der Waals surface area (Å²) in [7, 11) is 1.70. The third-order valence-corrected chi connectivity index (χ3v) is 6.51. The first kappa shape index (κ1) is 19.9. The number of ether oxygens (including phenoxy) is 1. The van der Waals surface area contributed by atoms with Gasteiger partial charge in [0.15, 0.2) is 0 Å². The molecule has 3 aromatic rings. The first-order valence-electron chi connectivity index (χ1n) is 11.0. The summed E-state index contributed by atoms with van der Waals surface area (Å²) in [6.45, 7) is 3.83.